The first kappa shape index (κ1) is 16.7. The summed E-state index contributed by atoms with van der Waals surface area (Å²) < 4.78 is 12.7. The van der Waals surface area contributed by atoms with E-state index in [9.17, 15) is 4.79 Å². The van der Waals surface area contributed by atoms with E-state index >= 15 is 0 Å². The van der Waals surface area contributed by atoms with E-state index in [-0.39, 0.29) is 18.1 Å². The molecule has 130 valence electrons. The zero-order chi connectivity index (χ0) is 17.1. The summed E-state index contributed by atoms with van der Waals surface area (Å²) in [4.78, 5) is 14.5. The van der Waals surface area contributed by atoms with Crippen molar-refractivity contribution >= 4 is 11.8 Å². The summed E-state index contributed by atoms with van der Waals surface area (Å²) >= 11 is 0. The van der Waals surface area contributed by atoms with Gasteiger partial charge in [0.25, 0.3) is 0 Å². The van der Waals surface area contributed by atoms with Gasteiger partial charge < -0.3 is 9.26 Å². The van der Waals surface area contributed by atoms with Gasteiger partial charge in [0, 0.05) is 25.4 Å². The van der Waals surface area contributed by atoms with Crippen LogP contribution in [-0.4, -0.2) is 57.6 Å². The Kier molecular flexibility index (Phi) is 4.96. The Hall–Kier alpha value is -2.19. The molecule has 0 spiro atoms. The van der Waals surface area contributed by atoms with Crippen molar-refractivity contribution in [1.29, 1.82) is 0 Å². The van der Waals surface area contributed by atoms with Crippen molar-refractivity contribution in [2.75, 3.05) is 25.0 Å². The van der Waals surface area contributed by atoms with Gasteiger partial charge in [-0.2, -0.15) is 5.10 Å². The molecular formula is C16H23N5O3. The number of anilines is 1. The number of nitrogens with zero attached hydrogens (tertiary/aromatic N) is 4. The van der Waals surface area contributed by atoms with E-state index in [4.69, 9.17) is 9.26 Å². The van der Waals surface area contributed by atoms with Crippen LogP contribution in [0.2, 0.25) is 0 Å². The first-order valence-corrected chi connectivity index (χ1v) is 8.10. The Morgan fingerprint density at radius 3 is 3.00 bits per heavy atom. The highest BCUT2D eigenvalue weighted by atomic mass is 16.5. The smallest absolute Gasteiger partial charge is 0.243 e. The SMILES string of the molecule is Cc1cnn(CC2CN(C(C)C(=O)Nc3cc(C)no3)CCO2)c1. The molecule has 1 aliphatic heterocycles. The lowest BCUT2D eigenvalue weighted by Gasteiger charge is -2.35. The fourth-order valence-electron chi connectivity index (χ4n) is 2.79. The van der Waals surface area contributed by atoms with E-state index in [1.165, 1.54) is 0 Å². The third-order valence-electron chi connectivity index (χ3n) is 4.12. The van der Waals surface area contributed by atoms with Gasteiger partial charge in [0.05, 0.1) is 37.2 Å². The summed E-state index contributed by atoms with van der Waals surface area (Å²) in [5.41, 5.74) is 1.86. The van der Waals surface area contributed by atoms with Crippen LogP contribution in [0.3, 0.4) is 0 Å². The third-order valence-corrected chi connectivity index (χ3v) is 4.12. The first-order chi connectivity index (χ1) is 11.5. The normalized spacial score (nSPS) is 20.0. The number of hydrogen-bond acceptors (Lipinski definition) is 6. The molecule has 0 aliphatic carbocycles. The number of hydrogen-bond donors (Lipinski definition) is 1. The molecule has 2 aromatic heterocycles. The second-order valence-electron chi connectivity index (χ2n) is 6.23. The Morgan fingerprint density at radius 2 is 2.33 bits per heavy atom. The molecule has 8 heteroatoms. The second kappa shape index (κ2) is 7.14. The van der Waals surface area contributed by atoms with E-state index in [1.807, 2.05) is 37.8 Å². The number of aryl methyl sites for hydroxylation is 2. The summed E-state index contributed by atoms with van der Waals surface area (Å²) in [6.07, 6.45) is 3.83. The highest BCUT2D eigenvalue weighted by Crippen LogP contribution is 2.14. The van der Waals surface area contributed by atoms with Crippen molar-refractivity contribution in [3.05, 3.63) is 29.7 Å². The Bertz CT molecular complexity index is 695. The van der Waals surface area contributed by atoms with E-state index in [0.717, 1.165) is 17.8 Å². The molecule has 8 nitrogen and oxygen atoms in total. The predicted molar refractivity (Wildman–Crippen MR) is 87.6 cm³/mol. The molecule has 24 heavy (non-hydrogen) atoms. The average molecular weight is 333 g/mol. The van der Waals surface area contributed by atoms with Gasteiger partial charge in [-0.25, -0.2) is 0 Å². The molecule has 3 rings (SSSR count). The summed E-state index contributed by atoms with van der Waals surface area (Å²) in [5.74, 6) is 0.267. The standard InChI is InChI=1S/C16H23N5O3/c1-11-7-17-21(8-11)10-14-9-20(4-5-23-14)13(3)16(22)18-15-6-12(2)19-24-15/h6-8,13-14H,4-5,9-10H2,1-3H3,(H,18,22). The third kappa shape index (κ3) is 4.01. The van der Waals surface area contributed by atoms with Crippen LogP contribution in [0, 0.1) is 13.8 Å². The summed E-state index contributed by atoms with van der Waals surface area (Å²) in [6.45, 7) is 8.39. The monoisotopic (exact) mass is 333 g/mol. The Labute approximate surface area is 140 Å². The van der Waals surface area contributed by atoms with Gasteiger partial charge in [-0.05, 0) is 26.3 Å². The molecule has 2 atom stereocenters. The summed E-state index contributed by atoms with van der Waals surface area (Å²) in [6, 6.07) is 1.42. The van der Waals surface area contributed by atoms with Crippen LogP contribution in [0.15, 0.2) is 23.0 Å². The Morgan fingerprint density at radius 1 is 1.50 bits per heavy atom. The lowest BCUT2D eigenvalue weighted by Crippen LogP contribution is -2.51. The maximum absolute atomic E-state index is 12.4. The summed E-state index contributed by atoms with van der Waals surface area (Å²) in [5, 5.41) is 10.8. The minimum Gasteiger partial charge on any atom is -0.374 e. The lowest BCUT2D eigenvalue weighted by atomic mass is 10.2. The number of morpholine rings is 1. The van der Waals surface area contributed by atoms with Gasteiger partial charge >= 0.3 is 0 Å². The molecule has 2 aromatic rings. The van der Waals surface area contributed by atoms with E-state index in [2.05, 4.69) is 20.5 Å². The molecule has 1 N–H and O–H groups in total. The maximum Gasteiger partial charge on any atom is 0.243 e. The van der Waals surface area contributed by atoms with Crippen LogP contribution in [0.4, 0.5) is 5.88 Å². The van der Waals surface area contributed by atoms with Crippen molar-refractivity contribution in [2.45, 2.75) is 39.5 Å². The average Bonchev–Trinajstić information content (AvgIpc) is 3.15. The molecule has 1 fully saturated rings. The van der Waals surface area contributed by atoms with E-state index < -0.39 is 0 Å². The van der Waals surface area contributed by atoms with Crippen LogP contribution >= 0.6 is 0 Å². The van der Waals surface area contributed by atoms with Gasteiger partial charge in [0.15, 0.2) is 0 Å². The van der Waals surface area contributed by atoms with Crippen LogP contribution in [0.5, 0.6) is 0 Å². The molecule has 0 saturated carbocycles. The first-order valence-electron chi connectivity index (χ1n) is 8.10. The fraction of sp³-hybridized carbons (Fsp3) is 0.562. The Balaban J connectivity index is 1.55. The van der Waals surface area contributed by atoms with Gasteiger partial charge in [0.2, 0.25) is 11.8 Å². The van der Waals surface area contributed by atoms with Gasteiger partial charge in [-0.1, -0.05) is 5.16 Å². The fourth-order valence-corrected chi connectivity index (χ4v) is 2.79. The van der Waals surface area contributed by atoms with Crippen molar-refractivity contribution in [3.63, 3.8) is 0 Å². The molecule has 1 saturated heterocycles. The predicted octanol–water partition coefficient (Wildman–Crippen LogP) is 1.22. The summed E-state index contributed by atoms with van der Waals surface area (Å²) in [7, 11) is 0. The largest absolute Gasteiger partial charge is 0.374 e. The van der Waals surface area contributed by atoms with Crippen LogP contribution in [0.1, 0.15) is 18.2 Å². The van der Waals surface area contributed by atoms with Crippen molar-refractivity contribution in [2.24, 2.45) is 0 Å². The number of rotatable bonds is 5. The number of amides is 1. The van der Waals surface area contributed by atoms with Crippen LogP contribution < -0.4 is 5.32 Å². The molecule has 1 amide bonds. The van der Waals surface area contributed by atoms with E-state index in [0.29, 0.717) is 25.6 Å². The van der Waals surface area contributed by atoms with Crippen molar-refractivity contribution in [3.8, 4) is 0 Å². The lowest BCUT2D eigenvalue weighted by molar-refractivity contribution is -0.124. The number of carbonyl (C=O) groups excluding carboxylic acids is 1. The van der Waals surface area contributed by atoms with Crippen LogP contribution in [-0.2, 0) is 16.1 Å². The number of nitrogens with one attached hydrogen (secondary N) is 1. The zero-order valence-corrected chi connectivity index (χ0v) is 14.2. The van der Waals surface area contributed by atoms with Crippen LogP contribution in [0.25, 0.3) is 0 Å². The highest BCUT2D eigenvalue weighted by Gasteiger charge is 2.28. The highest BCUT2D eigenvalue weighted by molar-refractivity contribution is 5.93. The molecule has 1 aliphatic rings. The minimum absolute atomic E-state index is 0.0147. The molecule has 3 heterocycles. The van der Waals surface area contributed by atoms with Gasteiger partial charge in [-0.15, -0.1) is 0 Å². The van der Waals surface area contributed by atoms with Crippen molar-refractivity contribution < 1.29 is 14.1 Å². The molecular weight excluding hydrogens is 310 g/mol. The second-order valence-corrected chi connectivity index (χ2v) is 6.23. The van der Waals surface area contributed by atoms with Gasteiger partial charge in [-0.3, -0.25) is 19.7 Å². The number of ether oxygens (including phenoxy) is 1. The maximum atomic E-state index is 12.4. The topological polar surface area (TPSA) is 85.4 Å². The molecule has 0 aromatic carbocycles. The van der Waals surface area contributed by atoms with Gasteiger partial charge in [0.1, 0.15) is 0 Å². The zero-order valence-electron chi connectivity index (χ0n) is 14.2. The minimum atomic E-state index is -0.277. The molecule has 0 radical (unpaired) electrons. The van der Waals surface area contributed by atoms with E-state index in [1.54, 1.807) is 6.07 Å². The molecule has 2 unspecified atom stereocenters. The molecule has 0 bridgehead atoms. The quantitative estimate of drug-likeness (QED) is 0.885. The van der Waals surface area contributed by atoms with Crippen molar-refractivity contribution in [1.82, 2.24) is 19.8 Å². The number of carbonyl (C=O) groups is 1. The number of aromatic nitrogens is 3.